The molecule has 0 fully saturated rings. The van der Waals surface area contributed by atoms with Crippen LogP contribution in [0.15, 0.2) is 36.4 Å². The molecule has 0 saturated heterocycles. The van der Waals surface area contributed by atoms with Gasteiger partial charge in [0.2, 0.25) is 0 Å². The van der Waals surface area contributed by atoms with Crippen molar-refractivity contribution >= 4 is 11.0 Å². The lowest BCUT2D eigenvalue weighted by Crippen LogP contribution is -1.86. The minimum Gasteiger partial charge on any atom is -0.342 e. The summed E-state index contributed by atoms with van der Waals surface area (Å²) in [5.74, 6) is 1.06. The second-order valence-corrected chi connectivity index (χ2v) is 5.66. The van der Waals surface area contributed by atoms with E-state index in [1.807, 2.05) is 19.1 Å². The Kier molecular flexibility index (Phi) is 3.93. The molecule has 1 N–H and O–H groups in total. The predicted octanol–water partition coefficient (Wildman–Crippen LogP) is 4.75. The Morgan fingerprint density at radius 2 is 1.91 bits per heavy atom. The van der Waals surface area contributed by atoms with Crippen LogP contribution in [0.5, 0.6) is 0 Å². The summed E-state index contributed by atoms with van der Waals surface area (Å²) in [6.45, 7) is 4.16. The predicted molar refractivity (Wildman–Crippen MR) is 89.6 cm³/mol. The van der Waals surface area contributed by atoms with E-state index < -0.39 is 0 Å². The molecule has 0 bridgehead atoms. The van der Waals surface area contributed by atoms with Gasteiger partial charge in [0, 0.05) is 6.42 Å². The fourth-order valence-electron chi connectivity index (χ4n) is 2.67. The molecule has 0 aliphatic heterocycles. The van der Waals surface area contributed by atoms with Gasteiger partial charge in [-0.25, -0.2) is 4.98 Å². The van der Waals surface area contributed by atoms with E-state index in [9.17, 15) is 0 Å². The molecular formula is C19H19N3. The highest BCUT2D eigenvalue weighted by Gasteiger charge is 2.06. The Labute approximate surface area is 130 Å². The summed E-state index contributed by atoms with van der Waals surface area (Å²) in [4.78, 5) is 8.05. The average molecular weight is 289 g/mol. The van der Waals surface area contributed by atoms with E-state index in [0.717, 1.165) is 52.0 Å². The number of unbranched alkanes of at least 4 members (excludes halogenated alkanes) is 1. The van der Waals surface area contributed by atoms with E-state index in [-0.39, 0.29) is 0 Å². The van der Waals surface area contributed by atoms with Gasteiger partial charge in [-0.15, -0.1) is 0 Å². The molecule has 0 unspecified atom stereocenters. The van der Waals surface area contributed by atoms with Crippen LogP contribution >= 0.6 is 0 Å². The van der Waals surface area contributed by atoms with Gasteiger partial charge in [-0.2, -0.15) is 5.26 Å². The highest BCUT2D eigenvalue weighted by atomic mass is 14.9. The third-order valence-corrected chi connectivity index (χ3v) is 3.98. The topological polar surface area (TPSA) is 52.5 Å². The van der Waals surface area contributed by atoms with Crippen molar-refractivity contribution in [3.05, 3.63) is 53.3 Å². The summed E-state index contributed by atoms with van der Waals surface area (Å²) in [5, 5.41) is 9.03. The monoisotopic (exact) mass is 289 g/mol. The van der Waals surface area contributed by atoms with Gasteiger partial charge in [-0.1, -0.05) is 31.5 Å². The Hall–Kier alpha value is -2.60. The number of nitrogens with zero attached hydrogens (tertiary/aromatic N) is 2. The van der Waals surface area contributed by atoms with Gasteiger partial charge >= 0.3 is 0 Å². The number of hydrogen-bond donors (Lipinski definition) is 1. The molecule has 0 saturated carbocycles. The summed E-state index contributed by atoms with van der Waals surface area (Å²) >= 11 is 0. The zero-order valence-corrected chi connectivity index (χ0v) is 13.0. The van der Waals surface area contributed by atoms with Gasteiger partial charge in [0.15, 0.2) is 0 Å². The molecule has 0 aliphatic rings. The Morgan fingerprint density at radius 1 is 1.14 bits per heavy atom. The number of fused-ring (bicyclic) bond motifs is 1. The second-order valence-electron chi connectivity index (χ2n) is 5.66. The Bertz CT molecular complexity index is 853. The van der Waals surface area contributed by atoms with Gasteiger partial charge < -0.3 is 4.98 Å². The van der Waals surface area contributed by atoms with Crippen molar-refractivity contribution in [2.24, 2.45) is 0 Å². The molecule has 0 atom stereocenters. The molecule has 3 heteroatoms. The zero-order chi connectivity index (χ0) is 15.5. The standard InChI is InChI=1S/C19H19N3/c1-3-4-5-19-21-17-9-8-15(11-18(17)22-19)14-6-7-16(12-20)13(2)10-14/h6-11H,3-5H2,1-2H3,(H,21,22). The molecule has 3 rings (SSSR count). The fraction of sp³-hybridized carbons (Fsp3) is 0.263. The third-order valence-electron chi connectivity index (χ3n) is 3.98. The van der Waals surface area contributed by atoms with Crippen molar-refractivity contribution in [3.8, 4) is 17.2 Å². The highest BCUT2D eigenvalue weighted by Crippen LogP contribution is 2.25. The zero-order valence-electron chi connectivity index (χ0n) is 13.0. The minimum absolute atomic E-state index is 0.730. The molecule has 110 valence electrons. The number of nitriles is 1. The summed E-state index contributed by atoms with van der Waals surface area (Å²) in [6.07, 6.45) is 3.32. The first-order valence-electron chi connectivity index (χ1n) is 7.71. The van der Waals surface area contributed by atoms with Crippen molar-refractivity contribution in [3.63, 3.8) is 0 Å². The maximum absolute atomic E-state index is 9.03. The molecule has 1 heterocycles. The first-order valence-corrected chi connectivity index (χ1v) is 7.71. The van der Waals surface area contributed by atoms with E-state index in [4.69, 9.17) is 5.26 Å². The highest BCUT2D eigenvalue weighted by molar-refractivity contribution is 5.82. The first kappa shape index (κ1) is 14.3. The van der Waals surface area contributed by atoms with Crippen LogP contribution in [0.25, 0.3) is 22.2 Å². The van der Waals surface area contributed by atoms with E-state index in [1.165, 1.54) is 6.42 Å². The number of aryl methyl sites for hydroxylation is 2. The van der Waals surface area contributed by atoms with Crippen LogP contribution in [-0.2, 0) is 6.42 Å². The van der Waals surface area contributed by atoms with Crippen LogP contribution in [0.2, 0.25) is 0 Å². The Balaban J connectivity index is 1.97. The maximum atomic E-state index is 9.03. The number of nitrogens with one attached hydrogen (secondary N) is 1. The van der Waals surface area contributed by atoms with Crippen molar-refractivity contribution < 1.29 is 0 Å². The largest absolute Gasteiger partial charge is 0.342 e. The number of aromatic nitrogens is 2. The number of benzene rings is 2. The lowest BCUT2D eigenvalue weighted by molar-refractivity contribution is 0.765. The molecule has 0 aliphatic carbocycles. The molecule has 22 heavy (non-hydrogen) atoms. The summed E-state index contributed by atoms with van der Waals surface area (Å²) < 4.78 is 0. The lowest BCUT2D eigenvalue weighted by atomic mass is 10.00. The van der Waals surface area contributed by atoms with E-state index in [2.05, 4.69) is 47.2 Å². The maximum Gasteiger partial charge on any atom is 0.107 e. The second kappa shape index (κ2) is 6.03. The van der Waals surface area contributed by atoms with Gasteiger partial charge in [0.25, 0.3) is 0 Å². The van der Waals surface area contributed by atoms with Crippen LogP contribution in [0.1, 0.15) is 36.7 Å². The molecule has 0 spiro atoms. The first-order chi connectivity index (χ1) is 10.7. The smallest absolute Gasteiger partial charge is 0.107 e. The lowest BCUT2D eigenvalue weighted by Gasteiger charge is -2.04. The molecule has 1 aromatic heterocycles. The molecular weight excluding hydrogens is 270 g/mol. The van der Waals surface area contributed by atoms with Crippen LogP contribution in [-0.4, -0.2) is 9.97 Å². The summed E-state index contributed by atoms with van der Waals surface area (Å²) in [6, 6.07) is 14.4. The molecule has 3 nitrogen and oxygen atoms in total. The number of rotatable bonds is 4. The number of imidazole rings is 1. The quantitative estimate of drug-likeness (QED) is 0.753. The minimum atomic E-state index is 0.730. The Morgan fingerprint density at radius 3 is 2.64 bits per heavy atom. The molecule has 0 amide bonds. The number of H-pyrrole nitrogens is 1. The normalized spacial score (nSPS) is 10.8. The van der Waals surface area contributed by atoms with Gasteiger partial charge in [-0.3, -0.25) is 0 Å². The fourth-order valence-corrected chi connectivity index (χ4v) is 2.67. The van der Waals surface area contributed by atoms with Crippen LogP contribution in [0.3, 0.4) is 0 Å². The third kappa shape index (κ3) is 2.73. The number of aromatic amines is 1. The summed E-state index contributed by atoms with van der Waals surface area (Å²) in [7, 11) is 0. The van der Waals surface area contributed by atoms with E-state index in [1.54, 1.807) is 0 Å². The van der Waals surface area contributed by atoms with Crippen molar-refractivity contribution in [2.75, 3.05) is 0 Å². The molecule has 2 aromatic carbocycles. The van der Waals surface area contributed by atoms with Crippen molar-refractivity contribution in [2.45, 2.75) is 33.1 Å². The molecule has 0 radical (unpaired) electrons. The average Bonchev–Trinajstić information content (AvgIpc) is 2.94. The van der Waals surface area contributed by atoms with Gasteiger partial charge in [-0.05, 0) is 48.2 Å². The van der Waals surface area contributed by atoms with Crippen LogP contribution in [0, 0.1) is 18.3 Å². The van der Waals surface area contributed by atoms with E-state index >= 15 is 0 Å². The molecule has 3 aromatic rings. The number of hydrogen-bond acceptors (Lipinski definition) is 2. The van der Waals surface area contributed by atoms with E-state index in [0.29, 0.717) is 0 Å². The van der Waals surface area contributed by atoms with Crippen LogP contribution < -0.4 is 0 Å². The van der Waals surface area contributed by atoms with Gasteiger partial charge in [0.05, 0.1) is 22.7 Å². The SMILES string of the molecule is CCCCc1nc2ccc(-c3ccc(C#N)c(C)c3)cc2[nH]1. The van der Waals surface area contributed by atoms with Crippen LogP contribution in [0.4, 0.5) is 0 Å². The van der Waals surface area contributed by atoms with Crippen molar-refractivity contribution in [1.82, 2.24) is 9.97 Å². The van der Waals surface area contributed by atoms with Gasteiger partial charge in [0.1, 0.15) is 5.82 Å². The summed E-state index contributed by atoms with van der Waals surface area (Å²) in [5.41, 5.74) is 6.10. The van der Waals surface area contributed by atoms with Crippen molar-refractivity contribution in [1.29, 1.82) is 5.26 Å².